The number of aryl methyl sites for hydroxylation is 1. The quantitative estimate of drug-likeness (QED) is 0.669. The lowest BCUT2D eigenvalue weighted by Gasteiger charge is -2.33. The standard InChI is InChI=1S/C20H22N6O3S/c1-15-5-11-18(12-6-15)30(28,29)26-13-3-2-4-19(26)20(27)22-16-7-9-17(10-8-16)25-14-21-23-24-25/h5-12,14,19H,2-4,13H2,1H3,(H,22,27)/t19-/m1/s1. The zero-order valence-electron chi connectivity index (χ0n) is 16.5. The summed E-state index contributed by atoms with van der Waals surface area (Å²) in [6.45, 7) is 2.23. The number of aromatic nitrogens is 4. The second-order valence-electron chi connectivity index (χ2n) is 7.23. The Morgan fingerprint density at radius 3 is 2.47 bits per heavy atom. The molecule has 0 aliphatic carbocycles. The Morgan fingerprint density at radius 2 is 1.80 bits per heavy atom. The van der Waals surface area contributed by atoms with Gasteiger partial charge in [0.05, 0.1) is 10.6 Å². The van der Waals surface area contributed by atoms with Crippen LogP contribution in [0.4, 0.5) is 5.69 Å². The SMILES string of the molecule is Cc1ccc(S(=O)(=O)N2CCCC[C@@H]2C(=O)Nc2ccc(-n3cnnn3)cc2)cc1. The molecule has 2 heterocycles. The number of nitrogens with zero attached hydrogens (tertiary/aromatic N) is 5. The first-order valence-corrected chi connectivity index (χ1v) is 11.1. The topological polar surface area (TPSA) is 110 Å². The number of sulfonamides is 1. The Hall–Kier alpha value is -3.11. The lowest BCUT2D eigenvalue weighted by Crippen LogP contribution is -2.49. The molecule has 30 heavy (non-hydrogen) atoms. The van der Waals surface area contributed by atoms with E-state index in [1.807, 2.05) is 6.92 Å². The van der Waals surface area contributed by atoms with Crippen LogP contribution in [0.2, 0.25) is 0 Å². The van der Waals surface area contributed by atoms with Crippen molar-refractivity contribution in [1.29, 1.82) is 0 Å². The molecule has 1 aromatic heterocycles. The maximum Gasteiger partial charge on any atom is 0.243 e. The number of piperidine rings is 1. The molecule has 1 saturated heterocycles. The normalized spacial score (nSPS) is 17.6. The number of amides is 1. The van der Waals surface area contributed by atoms with Gasteiger partial charge in [-0.2, -0.15) is 4.31 Å². The first kappa shape index (κ1) is 20.2. The van der Waals surface area contributed by atoms with Gasteiger partial charge in [-0.1, -0.05) is 24.1 Å². The molecule has 0 spiro atoms. The minimum absolute atomic E-state index is 0.207. The van der Waals surface area contributed by atoms with Gasteiger partial charge in [0.15, 0.2) is 0 Å². The highest BCUT2D eigenvalue weighted by Gasteiger charge is 2.37. The summed E-state index contributed by atoms with van der Waals surface area (Å²) in [7, 11) is -3.75. The molecular formula is C20H22N6O3S. The van der Waals surface area contributed by atoms with E-state index >= 15 is 0 Å². The summed E-state index contributed by atoms with van der Waals surface area (Å²) in [5.74, 6) is -0.333. The molecule has 0 bridgehead atoms. The van der Waals surface area contributed by atoms with Crippen LogP contribution in [0, 0.1) is 6.92 Å². The average molecular weight is 427 g/mol. The summed E-state index contributed by atoms with van der Waals surface area (Å²) >= 11 is 0. The van der Waals surface area contributed by atoms with Crippen LogP contribution in [0.3, 0.4) is 0 Å². The maximum absolute atomic E-state index is 13.2. The van der Waals surface area contributed by atoms with E-state index in [4.69, 9.17) is 0 Å². The Kier molecular flexibility index (Phi) is 5.60. The molecule has 0 saturated carbocycles. The monoisotopic (exact) mass is 426 g/mol. The van der Waals surface area contributed by atoms with Crippen molar-refractivity contribution in [2.24, 2.45) is 0 Å². The van der Waals surface area contributed by atoms with Gasteiger partial charge in [0, 0.05) is 12.2 Å². The summed E-state index contributed by atoms with van der Waals surface area (Å²) in [6, 6.07) is 13.0. The lowest BCUT2D eigenvalue weighted by atomic mass is 10.0. The van der Waals surface area contributed by atoms with Crippen LogP contribution in [0.1, 0.15) is 24.8 Å². The molecular weight excluding hydrogens is 404 g/mol. The number of nitrogens with one attached hydrogen (secondary N) is 1. The fraction of sp³-hybridized carbons (Fsp3) is 0.300. The van der Waals surface area contributed by atoms with Crippen molar-refractivity contribution in [3.05, 3.63) is 60.4 Å². The molecule has 1 amide bonds. The molecule has 0 radical (unpaired) electrons. The van der Waals surface area contributed by atoms with Crippen LogP contribution >= 0.6 is 0 Å². The zero-order valence-corrected chi connectivity index (χ0v) is 17.3. The summed E-state index contributed by atoms with van der Waals surface area (Å²) in [4.78, 5) is 13.2. The van der Waals surface area contributed by atoms with E-state index in [1.54, 1.807) is 48.5 Å². The van der Waals surface area contributed by atoms with Crippen LogP contribution in [0.15, 0.2) is 59.8 Å². The number of hydrogen-bond acceptors (Lipinski definition) is 6. The van der Waals surface area contributed by atoms with Crippen molar-refractivity contribution in [3.8, 4) is 5.69 Å². The molecule has 1 fully saturated rings. The number of carbonyl (C=O) groups is 1. The predicted molar refractivity (Wildman–Crippen MR) is 110 cm³/mol. The van der Waals surface area contributed by atoms with Gasteiger partial charge in [-0.15, -0.1) is 5.10 Å². The number of anilines is 1. The first-order valence-electron chi connectivity index (χ1n) is 9.68. The third-order valence-electron chi connectivity index (χ3n) is 5.13. The molecule has 1 aliphatic rings. The Bertz CT molecular complexity index is 1110. The van der Waals surface area contributed by atoms with Crippen molar-refractivity contribution in [2.45, 2.75) is 37.1 Å². The van der Waals surface area contributed by atoms with Crippen LogP contribution in [-0.4, -0.2) is 51.4 Å². The predicted octanol–water partition coefficient (Wildman–Crippen LogP) is 2.15. The van der Waals surface area contributed by atoms with Crippen molar-refractivity contribution in [2.75, 3.05) is 11.9 Å². The number of tetrazole rings is 1. The summed E-state index contributed by atoms with van der Waals surface area (Å²) in [5, 5.41) is 13.8. The van der Waals surface area contributed by atoms with Gasteiger partial charge < -0.3 is 5.32 Å². The summed E-state index contributed by atoms with van der Waals surface area (Å²) in [6.07, 6.45) is 3.49. The maximum atomic E-state index is 13.2. The van der Waals surface area contributed by atoms with Crippen LogP contribution in [0.25, 0.3) is 5.69 Å². The molecule has 2 aromatic carbocycles. The van der Waals surface area contributed by atoms with E-state index in [-0.39, 0.29) is 10.8 Å². The molecule has 156 valence electrons. The van der Waals surface area contributed by atoms with Gasteiger partial charge in [0.25, 0.3) is 0 Å². The van der Waals surface area contributed by atoms with Gasteiger partial charge in [-0.3, -0.25) is 4.79 Å². The molecule has 1 atom stereocenters. The van der Waals surface area contributed by atoms with E-state index in [2.05, 4.69) is 20.8 Å². The van der Waals surface area contributed by atoms with E-state index in [1.165, 1.54) is 15.3 Å². The molecule has 1 N–H and O–H groups in total. The average Bonchev–Trinajstić information content (AvgIpc) is 3.29. The summed E-state index contributed by atoms with van der Waals surface area (Å²) in [5.41, 5.74) is 2.31. The van der Waals surface area contributed by atoms with E-state index in [0.29, 0.717) is 18.7 Å². The third kappa shape index (κ3) is 4.10. The highest BCUT2D eigenvalue weighted by Crippen LogP contribution is 2.26. The molecule has 9 nitrogen and oxygen atoms in total. The van der Waals surface area contributed by atoms with Crippen molar-refractivity contribution < 1.29 is 13.2 Å². The van der Waals surface area contributed by atoms with Gasteiger partial charge in [0.2, 0.25) is 15.9 Å². The van der Waals surface area contributed by atoms with Gasteiger partial charge in [0.1, 0.15) is 12.4 Å². The van der Waals surface area contributed by atoms with Crippen LogP contribution in [-0.2, 0) is 14.8 Å². The smallest absolute Gasteiger partial charge is 0.243 e. The molecule has 10 heteroatoms. The number of benzene rings is 2. The third-order valence-corrected chi connectivity index (χ3v) is 7.05. The van der Waals surface area contributed by atoms with E-state index in [9.17, 15) is 13.2 Å². The largest absolute Gasteiger partial charge is 0.325 e. The molecule has 4 rings (SSSR count). The van der Waals surface area contributed by atoms with Gasteiger partial charge in [-0.25, -0.2) is 13.1 Å². The molecule has 1 aliphatic heterocycles. The molecule has 0 unspecified atom stereocenters. The van der Waals surface area contributed by atoms with Crippen LogP contribution < -0.4 is 5.32 Å². The fourth-order valence-electron chi connectivity index (χ4n) is 3.50. The Labute approximate surface area is 174 Å². The minimum atomic E-state index is -3.75. The van der Waals surface area contributed by atoms with E-state index < -0.39 is 16.1 Å². The second-order valence-corrected chi connectivity index (χ2v) is 9.12. The van der Waals surface area contributed by atoms with Gasteiger partial charge >= 0.3 is 0 Å². The number of hydrogen-bond donors (Lipinski definition) is 1. The van der Waals surface area contributed by atoms with Crippen molar-refractivity contribution >= 4 is 21.6 Å². The highest BCUT2D eigenvalue weighted by molar-refractivity contribution is 7.89. The van der Waals surface area contributed by atoms with Crippen LogP contribution in [0.5, 0.6) is 0 Å². The first-order chi connectivity index (χ1) is 14.4. The van der Waals surface area contributed by atoms with E-state index in [0.717, 1.165) is 24.1 Å². The highest BCUT2D eigenvalue weighted by atomic mass is 32.2. The van der Waals surface area contributed by atoms with Gasteiger partial charge in [-0.05, 0) is 66.6 Å². The number of rotatable bonds is 5. The number of carbonyl (C=O) groups excluding carboxylic acids is 1. The summed E-state index contributed by atoms with van der Waals surface area (Å²) < 4.78 is 29.2. The Balaban J connectivity index is 1.52. The lowest BCUT2D eigenvalue weighted by molar-refractivity contribution is -0.120. The minimum Gasteiger partial charge on any atom is -0.325 e. The Morgan fingerprint density at radius 1 is 1.07 bits per heavy atom. The van der Waals surface area contributed by atoms with Crippen molar-refractivity contribution in [3.63, 3.8) is 0 Å². The van der Waals surface area contributed by atoms with Crippen molar-refractivity contribution in [1.82, 2.24) is 24.5 Å². The molecule has 3 aromatic rings. The second kappa shape index (κ2) is 8.33. The fourth-order valence-corrected chi connectivity index (χ4v) is 5.16. The zero-order chi connectivity index (χ0) is 21.1.